The minimum absolute atomic E-state index is 0.0518. The molecule has 1 aromatic carbocycles. The van der Waals surface area contributed by atoms with Crippen molar-refractivity contribution in [3.63, 3.8) is 0 Å². The Labute approximate surface area is 103 Å². The average Bonchev–Trinajstić information content (AvgIpc) is 2.83. The SMILES string of the molecule is COc1cc(C(O)C(N)C(=O)O)cc2c1OCO2. The number of ether oxygens (including phenoxy) is 3. The molecule has 2 atom stereocenters. The summed E-state index contributed by atoms with van der Waals surface area (Å²) in [6.07, 6.45) is -1.36. The van der Waals surface area contributed by atoms with E-state index in [-0.39, 0.29) is 6.79 Å². The quantitative estimate of drug-likeness (QED) is 0.687. The standard InChI is InChI=1S/C11H13NO6/c1-16-6-2-5(9(13)8(12)11(14)15)3-7-10(6)18-4-17-7/h2-3,8-9,13H,4,12H2,1H3,(H,14,15). The van der Waals surface area contributed by atoms with Crippen LogP contribution in [0.25, 0.3) is 0 Å². The molecule has 2 unspecified atom stereocenters. The molecule has 0 spiro atoms. The van der Waals surface area contributed by atoms with Gasteiger partial charge in [0.05, 0.1) is 7.11 Å². The van der Waals surface area contributed by atoms with Gasteiger partial charge in [0, 0.05) is 0 Å². The van der Waals surface area contributed by atoms with Crippen LogP contribution in [0.4, 0.5) is 0 Å². The summed E-state index contributed by atoms with van der Waals surface area (Å²) in [5, 5.41) is 18.6. The van der Waals surface area contributed by atoms with Crippen molar-refractivity contribution >= 4 is 5.97 Å². The molecule has 0 aromatic heterocycles. The number of hydrogen-bond acceptors (Lipinski definition) is 6. The fourth-order valence-electron chi connectivity index (χ4n) is 1.66. The summed E-state index contributed by atoms with van der Waals surface area (Å²) in [6.45, 7) is 0.0518. The van der Waals surface area contributed by atoms with Gasteiger partial charge in [-0.05, 0) is 17.7 Å². The van der Waals surface area contributed by atoms with Crippen LogP contribution in [-0.2, 0) is 4.79 Å². The van der Waals surface area contributed by atoms with E-state index in [0.29, 0.717) is 22.8 Å². The number of aliphatic carboxylic acids is 1. The molecule has 0 bridgehead atoms. The largest absolute Gasteiger partial charge is 0.493 e. The summed E-state index contributed by atoms with van der Waals surface area (Å²) < 4.78 is 15.4. The van der Waals surface area contributed by atoms with Crippen LogP contribution in [0.15, 0.2) is 12.1 Å². The molecule has 4 N–H and O–H groups in total. The van der Waals surface area contributed by atoms with E-state index in [9.17, 15) is 9.90 Å². The Hall–Kier alpha value is -1.99. The van der Waals surface area contributed by atoms with Crippen molar-refractivity contribution < 1.29 is 29.2 Å². The zero-order valence-corrected chi connectivity index (χ0v) is 9.62. The number of nitrogens with two attached hydrogens (primary N) is 1. The van der Waals surface area contributed by atoms with Gasteiger partial charge in [0.1, 0.15) is 12.1 Å². The van der Waals surface area contributed by atoms with E-state index in [2.05, 4.69) is 0 Å². The van der Waals surface area contributed by atoms with Crippen molar-refractivity contribution in [3.05, 3.63) is 17.7 Å². The first-order valence-corrected chi connectivity index (χ1v) is 5.18. The first-order chi connectivity index (χ1) is 8.54. The van der Waals surface area contributed by atoms with Crippen LogP contribution in [0.3, 0.4) is 0 Å². The highest BCUT2D eigenvalue weighted by Crippen LogP contribution is 2.43. The van der Waals surface area contributed by atoms with Gasteiger partial charge in [-0.15, -0.1) is 0 Å². The van der Waals surface area contributed by atoms with Crippen LogP contribution in [0, 0.1) is 0 Å². The van der Waals surface area contributed by atoms with Gasteiger partial charge in [0.25, 0.3) is 0 Å². The molecular weight excluding hydrogens is 242 g/mol. The molecule has 1 aliphatic heterocycles. The second-order valence-electron chi connectivity index (χ2n) is 3.77. The van der Waals surface area contributed by atoms with Crippen molar-refractivity contribution in [1.82, 2.24) is 0 Å². The van der Waals surface area contributed by atoms with Crippen molar-refractivity contribution in [1.29, 1.82) is 0 Å². The van der Waals surface area contributed by atoms with Crippen LogP contribution in [-0.4, -0.2) is 36.1 Å². The van der Waals surface area contributed by atoms with Gasteiger partial charge in [-0.1, -0.05) is 0 Å². The number of methoxy groups -OCH3 is 1. The molecule has 0 aliphatic carbocycles. The third-order valence-electron chi connectivity index (χ3n) is 2.65. The van der Waals surface area contributed by atoms with E-state index in [1.165, 1.54) is 19.2 Å². The Bertz CT molecular complexity index is 475. The zero-order chi connectivity index (χ0) is 13.3. The number of benzene rings is 1. The number of carboxylic acids is 1. The van der Waals surface area contributed by atoms with E-state index in [1.807, 2.05) is 0 Å². The van der Waals surface area contributed by atoms with Crippen LogP contribution in [0.2, 0.25) is 0 Å². The lowest BCUT2D eigenvalue weighted by Gasteiger charge is -2.16. The Balaban J connectivity index is 2.37. The second kappa shape index (κ2) is 4.71. The van der Waals surface area contributed by atoms with Gasteiger partial charge in [0.2, 0.25) is 12.5 Å². The monoisotopic (exact) mass is 255 g/mol. The van der Waals surface area contributed by atoms with Crippen molar-refractivity contribution in [3.8, 4) is 17.2 Å². The third kappa shape index (κ3) is 2.05. The van der Waals surface area contributed by atoms with Crippen molar-refractivity contribution in [2.24, 2.45) is 5.73 Å². The maximum absolute atomic E-state index is 10.7. The average molecular weight is 255 g/mol. The second-order valence-corrected chi connectivity index (χ2v) is 3.77. The fraction of sp³-hybridized carbons (Fsp3) is 0.364. The maximum atomic E-state index is 10.7. The number of carboxylic acid groups (broad SMARTS) is 1. The molecule has 1 aromatic rings. The molecular formula is C11H13NO6. The molecule has 0 saturated heterocycles. The van der Waals surface area contributed by atoms with Gasteiger partial charge in [0.15, 0.2) is 11.5 Å². The summed E-state index contributed by atoms with van der Waals surface area (Å²) >= 11 is 0. The Morgan fingerprint density at radius 2 is 2.22 bits per heavy atom. The number of rotatable bonds is 4. The maximum Gasteiger partial charge on any atom is 0.323 e. The molecule has 0 saturated carbocycles. The Morgan fingerprint density at radius 1 is 1.50 bits per heavy atom. The Morgan fingerprint density at radius 3 is 2.83 bits per heavy atom. The van der Waals surface area contributed by atoms with E-state index < -0.39 is 18.1 Å². The van der Waals surface area contributed by atoms with Gasteiger partial charge in [-0.3, -0.25) is 4.79 Å². The minimum Gasteiger partial charge on any atom is -0.493 e. The predicted molar refractivity (Wildman–Crippen MR) is 59.7 cm³/mol. The topological polar surface area (TPSA) is 111 Å². The van der Waals surface area contributed by atoms with E-state index in [4.69, 9.17) is 25.1 Å². The third-order valence-corrected chi connectivity index (χ3v) is 2.65. The summed E-state index contributed by atoms with van der Waals surface area (Å²) in [6, 6.07) is 1.54. The van der Waals surface area contributed by atoms with Crippen molar-refractivity contribution in [2.45, 2.75) is 12.1 Å². The number of fused-ring (bicyclic) bond motifs is 1. The van der Waals surface area contributed by atoms with Crippen LogP contribution < -0.4 is 19.9 Å². The summed E-state index contributed by atoms with van der Waals surface area (Å²) in [7, 11) is 1.44. The summed E-state index contributed by atoms with van der Waals surface area (Å²) in [4.78, 5) is 10.7. The fourth-order valence-corrected chi connectivity index (χ4v) is 1.66. The van der Waals surface area contributed by atoms with E-state index in [0.717, 1.165) is 0 Å². The molecule has 2 rings (SSSR count). The van der Waals surface area contributed by atoms with Crippen LogP contribution in [0.1, 0.15) is 11.7 Å². The molecule has 98 valence electrons. The molecule has 18 heavy (non-hydrogen) atoms. The zero-order valence-electron chi connectivity index (χ0n) is 9.62. The van der Waals surface area contributed by atoms with Crippen molar-refractivity contribution in [2.75, 3.05) is 13.9 Å². The summed E-state index contributed by atoms with van der Waals surface area (Å²) in [5.74, 6) is -0.117. The van der Waals surface area contributed by atoms with E-state index in [1.54, 1.807) is 0 Å². The number of carbonyl (C=O) groups is 1. The lowest BCUT2D eigenvalue weighted by atomic mass is 10.0. The van der Waals surface area contributed by atoms with E-state index >= 15 is 0 Å². The Kier molecular flexibility index (Phi) is 3.26. The molecule has 1 heterocycles. The number of aliphatic hydroxyl groups is 1. The molecule has 1 aliphatic rings. The smallest absolute Gasteiger partial charge is 0.323 e. The first kappa shape index (κ1) is 12.5. The lowest BCUT2D eigenvalue weighted by molar-refractivity contribution is -0.141. The minimum atomic E-state index is -1.42. The van der Waals surface area contributed by atoms with Gasteiger partial charge >= 0.3 is 5.97 Å². The first-order valence-electron chi connectivity index (χ1n) is 5.18. The molecule has 7 nitrogen and oxygen atoms in total. The normalized spacial score (nSPS) is 16.2. The van der Waals surface area contributed by atoms with Gasteiger partial charge in [-0.25, -0.2) is 0 Å². The van der Waals surface area contributed by atoms with Crippen LogP contribution >= 0.6 is 0 Å². The van der Waals surface area contributed by atoms with Gasteiger partial charge in [-0.2, -0.15) is 0 Å². The molecule has 7 heteroatoms. The summed E-state index contributed by atoms with van der Waals surface area (Å²) in [5.41, 5.74) is 5.66. The number of hydrogen-bond donors (Lipinski definition) is 3. The highest BCUT2D eigenvalue weighted by atomic mass is 16.7. The number of aliphatic hydroxyl groups excluding tert-OH is 1. The van der Waals surface area contributed by atoms with Gasteiger partial charge < -0.3 is 30.2 Å². The highest BCUT2D eigenvalue weighted by Gasteiger charge is 2.28. The van der Waals surface area contributed by atoms with Crippen LogP contribution in [0.5, 0.6) is 17.2 Å². The lowest BCUT2D eigenvalue weighted by Crippen LogP contribution is -2.36. The highest BCUT2D eigenvalue weighted by molar-refractivity contribution is 5.74. The molecule has 0 amide bonds. The predicted octanol–water partition coefficient (Wildman–Crippen LogP) is -0.131. The molecule has 0 radical (unpaired) electrons. The molecule has 0 fully saturated rings.